The summed E-state index contributed by atoms with van der Waals surface area (Å²) >= 11 is 0. The Bertz CT molecular complexity index is 1190. The van der Waals surface area contributed by atoms with E-state index in [9.17, 15) is 19.2 Å². The molecule has 3 amide bonds. The normalized spacial score (nSPS) is 11.7. The van der Waals surface area contributed by atoms with Gasteiger partial charge in [-0.05, 0) is 24.1 Å². The summed E-state index contributed by atoms with van der Waals surface area (Å²) in [6, 6.07) is 13.6. The zero-order valence-electron chi connectivity index (χ0n) is 17.7. The average Bonchev–Trinajstić information content (AvgIpc) is 2.76. The van der Waals surface area contributed by atoms with E-state index in [4.69, 9.17) is 5.73 Å². The molecule has 0 fully saturated rings. The van der Waals surface area contributed by atoms with E-state index in [0.717, 1.165) is 11.1 Å². The van der Waals surface area contributed by atoms with Crippen molar-refractivity contribution in [2.75, 3.05) is 6.54 Å². The molecule has 1 aromatic heterocycles. The topological polar surface area (TPSA) is 136 Å². The van der Waals surface area contributed by atoms with E-state index in [1.165, 1.54) is 10.9 Å². The van der Waals surface area contributed by atoms with Gasteiger partial charge in [0.15, 0.2) is 0 Å². The van der Waals surface area contributed by atoms with Crippen molar-refractivity contribution in [3.05, 3.63) is 76.3 Å². The third-order valence-electron chi connectivity index (χ3n) is 4.97. The van der Waals surface area contributed by atoms with Gasteiger partial charge >= 0.3 is 0 Å². The molecule has 3 rings (SSSR count). The van der Waals surface area contributed by atoms with Gasteiger partial charge in [0.2, 0.25) is 17.7 Å². The Balaban J connectivity index is 1.74. The minimum absolute atomic E-state index is 0.00465. The minimum Gasteiger partial charge on any atom is -0.370 e. The van der Waals surface area contributed by atoms with E-state index in [-0.39, 0.29) is 31.5 Å². The molecule has 0 saturated carbocycles. The highest BCUT2D eigenvalue weighted by molar-refractivity contribution is 5.88. The lowest BCUT2D eigenvalue weighted by Gasteiger charge is -2.19. The predicted octanol–water partition coefficient (Wildman–Crippen LogP) is 0.424. The van der Waals surface area contributed by atoms with Gasteiger partial charge in [-0.25, -0.2) is 4.98 Å². The van der Waals surface area contributed by atoms with Gasteiger partial charge < -0.3 is 16.4 Å². The molecule has 1 atom stereocenters. The molecule has 0 aliphatic carbocycles. The van der Waals surface area contributed by atoms with Crippen LogP contribution in [0.4, 0.5) is 0 Å². The third kappa shape index (κ3) is 5.78. The Morgan fingerprint density at radius 1 is 1.09 bits per heavy atom. The summed E-state index contributed by atoms with van der Waals surface area (Å²) in [7, 11) is 0. The summed E-state index contributed by atoms with van der Waals surface area (Å²) in [5.74, 6) is -1.48. The molecular formula is C23H25N5O4. The van der Waals surface area contributed by atoms with Gasteiger partial charge in [-0.2, -0.15) is 0 Å². The van der Waals surface area contributed by atoms with E-state index in [2.05, 4.69) is 15.6 Å². The van der Waals surface area contributed by atoms with E-state index < -0.39 is 23.8 Å². The monoisotopic (exact) mass is 435 g/mol. The van der Waals surface area contributed by atoms with E-state index in [0.29, 0.717) is 10.9 Å². The zero-order chi connectivity index (χ0) is 23.1. The second-order valence-electron chi connectivity index (χ2n) is 7.47. The van der Waals surface area contributed by atoms with Crippen LogP contribution in [0.5, 0.6) is 0 Å². The van der Waals surface area contributed by atoms with Gasteiger partial charge in [-0.3, -0.25) is 23.7 Å². The largest absolute Gasteiger partial charge is 0.370 e. The van der Waals surface area contributed by atoms with Gasteiger partial charge in [0, 0.05) is 19.4 Å². The summed E-state index contributed by atoms with van der Waals surface area (Å²) in [4.78, 5) is 53.3. The van der Waals surface area contributed by atoms with Crippen molar-refractivity contribution in [2.24, 2.45) is 5.73 Å². The Hall–Kier alpha value is -4.01. The molecule has 4 N–H and O–H groups in total. The number of aryl methyl sites for hydroxylation is 1. The second kappa shape index (κ2) is 10.3. The van der Waals surface area contributed by atoms with Crippen molar-refractivity contribution in [3.8, 4) is 0 Å². The molecule has 9 heteroatoms. The maximum absolute atomic E-state index is 12.8. The fraction of sp³-hybridized carbons (Fsp3) is 0.261. The van der Waals surface area contributed by atoms with Gasteiger partial charge in [0.25, 0.3) is 5.56 Å². The van der Waals surface area contributed by atoms with E-state index in [1.807, 2.05) is 43.3 Å². The highest BCUT2D eigenvalue weighted by Crippen LogP contribution is 2.11. The first-order chi connectivity index (χ1) is 15.3. The molecule has 166 valence electrons. The summed E-state index contributed by atoms with van der Waals surface area (Å²) in [6.07, 6.45) is 1.57. The molecule has 0 aliphatic rings. The summed E-state index contributed by atoms with van der Waals surface area (Å²) in [5, 5.41) is 5.72. The Kier molecular flexibility index (Phi) is 7.33. The lowest BCUT2D eigenvalue weighted by atomic mass is 10.1. The van der Waals surface area contributed by atoms with Crippen molar-refractivity contribution < 1.29 is 14.4 Å². The van der Waals surface area contributed by atoms with E-state index in [1.54, 1.807) is 12.1 Å². The number of rotatable bonds is 9. The molecule has 0 bridgehead atoms. The molecule has 0 radical (unpaired) electrons. The number of para-hydroxylation sites is 1. The predicted molar refractivity (Wildman–Crippen MR) is 120 cm³/mol. The maximum Gasteiger partial charge on any atom is 0.261 e. The summed E-state index contributed by atoms with van der Waals surface area (Å²) in [5.41, 5.74) is 7.08. The van der Waals surface area contributed by atoms with Crippen molar-refractivity contribution >= 4 is 28.6 Å². The van der Waals surface area contributed by atoms with Crippen LogP contribution >= 0.6 is 0 Å². The molecule has 1 heterocycles. The van der Waals surface area contributed by atoms with Gasteiger partial charge in [0.05, 0.1) is 17.2 Å². The number of primary amides is 1. The highest BCUT2D eigenvalue weighted by atomic mass is 16.2. The Morgan fingerprint density at radius 2 is 1.84 bits per heavy atom. The lowest BCUT2D eigenvalue weighted by Crippen LogP contribution is -2.49. The minimum atomic E-state index is -0.885. The van der Waals surface area contributed by atoms with Crippen LogP contribution in [0, 0.1) is 6.92 Å². The molecular weight excluding hydrogens is 410 g/mol. The number of nitrogens with two attached hydrogens (primary N) is 1. The highest BCUT2D eigenvalue weighted by Gasteiger charge is 2.22. The summed E-state index contributed by atoms with van der Waals surface area (Å²) in [6.45, 7) is 1.65. The van der Waals surface area contributed by atoms with Crippen LogP contribution in [0.3, 0.4) is 0 Å². The van der Waals surface area contributed by atoms with Crippen LogP contribution in [-0.2, 0) is 27.3 Å². The fourth-order valence-corrected chi connectivity index (χ4v) is 3.34. The first-order valence-electron chi connectivity index (χ1n) is 10.2. The third-order valence-corrected chi connectivity index (χ3v) is 4.97. The van der Waals surface area contributed by atoms with Crippen LogP contribution in [-0.4, -0.2) is 39.9 Å². The maximum atomic E-state index is 12.8. The molecule has 0 saturated heterocycles. The number of benzene rings is 2. The van der Waals surface area contributed by atoms with Crippen LogP contribution in [0.2, 0.25) is 0 Å². The number of carbonyl (C=O) groups is 3. The van der Waals surface area contributed by atoms with Gasteiger partial charge in [-0.15, -0.1) is 0 Å². The first kappa shape index (κ1) is 22.7. The first-order valence-corrected chi connectivity index (χ1v) is 10.2. The number of hydrogen-bond acceptors (Lipinski definition) is 5. The number of nitrogens with one attached hydrogen (secondary N) is 2. The van der Waals surface area contributed by atoms with Crippen LogP contribution in [0.1, 0.15) is 17.5 Å². The van der Waals surface area contributed by atoms with Crippen molar-refractivity contribution in [1.29, 1.82) is 0 Å². The van der Waals surface area contributed by atoms with Crippen molar-refractivity contribution in [3.63, 3.8) is 0 Å². The lowest BCUT2D eigenvalue weighted by molar-refractivity contribution is -0.129. The number of fused-ring (bicyclic) bond motifs is 1. The quantitative estimate of drug-likeness (QED) is 0.448. The smallest absolute Gasteiger partial charge is 0.261 e. The number of amides is 3. The average molecular weight is 435 g/mol. The van der Waals surface area contributed by atoms with Crippen molar-refractivity contribution in [1.82, 2.24) is 20.2 Å². The molecule has 3 aromatic rings. The number of nitrogens with zero attached hydrogens (tertiary/aromatic N) is 2. The number of hydrogen-bond donors (Lipinski definition) is 3. The Morgan fingerprint density at radius 3 is 2.56 bits per heavy atom. The second-order valence-corrected chi connectivity index (χ2v) is 7.47. The van der Waals surface area contributed by atoms with Gasteiger partial charge in [0.1, 0.15) is 12.6 Å². The summed E-state index contributed by atoms with van der Waals surface area (Å²) < 4.78 is 1.21. The van der Waals surface area contributed by atoms with Crippen LogP contribution in [0.15, 0.2) is 59.7 Å². The SMILES string of the molecule is Cc1cccc2c(=O)n(CC(=O)N[C@H](Cc3ccccc3)C(=O)NCCC(N)=O)cnc12. The fourth-order valence-electron chi connectivity index (χ4n) is 3.34. The van der Waals surface area contributed by atoms with Gasteiger partial charge in [-0.1, -0.05) is 42.5 Å². The molecule has 9 nitrogen and oxygen atoms in total. The molecule has 2 aromatic carbocycles. The molecule has 0 spiro atoms. The molecule has 0 unspecified atom stereocenters. The van der Waals surface area contributed by atoms with Crippen LogP contribution in [0.25, 0.3) is 10.9 Å². The van der Waals surface area contributed by atoms with E-state index >= 15 is 0 Å². The van der Waals surface area contributed by atoms with Crippen molar-refractivity contribution in [2.45, 2.75) is 32.4 Å². The number of carbonyl (C=O) groups excluding carboxylic acids is 3. The number of aromatic nitrogens is 2. The zero-order valence-corrected chi connectivity index (χ0v) is 17.7. The standard InChI is InChI=1S/C23H25N5O4/c1-15-6-5-9-17-21(15)26-14-28(23(17)32)13-20(30)27-18(12-16-7-3-2-4-8-16)22(31)25-11-10-19(24)29/h2-9,14,18H,10-13H2,1H3,(H2,24,29)(H,25,31)(H,27,30)/t18-/m1/s1. The molecule has 32 heavy (non-hydrogen) atoms. The van der Waals surface area contributed by atoms with Crippen LogP contribution < -0.4 is 21.9 Å². The molecule has 0 aliphatic heterocycles. The Labute approximate surface area is 184 Å².